The maximum Gasteiger partial charge on any atom is 0.419 e. The van der Waals surface area contributed by atoms with Crippen molar-refractivity contribution in [3.63, 3.8) is 0 Å². The van der Waals surface area contributed by atoms with Crippen LogP contribution in [0.1, 0.15) is 22.3 Å². The highest BCUT2D eigenvalue weighted by Gasteiger charge is 2.34. The fourth-order valence-corrected chi connectivity index (χ4v) is 2.88. The Bertz CT molecular complexity index is 729. The average molecular weight is 336 g/mol. The summed E-state index contributed by atoms with van der Waals surface area (Å²) in [4.78, 5) is 0. The molecule has 0 atom stereocenters. The maximum absolute atomic E-state index is 13.1. The van der Waals surface area contributed by atoms with Crippen molar-refractivity contribution in [2.45, 2.75) is 25.7 Å². The predicted molar refractivity (Wildman–Crippen MR) is 87.2 cm³/mol. The van der Waals surface area contributed by atoms with Crippen LogP contribution in [0.4, 0.5) is 18.9 Å². The van der Waals surface area contributed by atoms with E-state index in [0.717, 1.165) is 31.3 Å². The van der Waals surface area contributed by atoms with Crippen LogP contribution in [0.5, 0.6) is 5.75 Å². The van der Waals surface area contributed by atoms with Gasteiger partial charge in [-0.3, -0.25) is 0 Å². The van der Waals surface area contributed by atoms with Gasteiger partial charge in [0.25, 0.3) is 0 Å². The molecule has 3 rings (SSSR count). The Balaban J connectivity index is 1.75. The van der Waals surface area contributed by atoms with E-state index in [9.17, 15) is 13.2 Å². The number of hydrogen-bond acceptors (Lipinski definition) is 3. The number of nitrogens with one attached hydrogen (secondary N) is 2. The second-order valence-electron chi connectivity index (χ2n) is 5.80. The van der Waals surface area contributed by atoms with Crippen LogP contribution in [0, 0.1) is 0 Å². The number of benzene rings is 2. The smallest absolute Gasteiger partial charge is 0.419 e. The molecule has 0 saturated heterocycles. The quantitative estimate of drug-likeness (QED) is 0.886. The molecule has 0 aliphatic carbocycles. The fourth-order valence-electron chi connectivity index (χ4n) is 2.88. The number of halogens is 3. The third-order valence-electron chi connectivity index (χ3n) is 4.16. The largest absolute Gasteiger partial charge is 0.496 e. The van der Waals surface area contributed by atoms with Gasteiger partial charge in [-0.15, -0.1) is 0 Å². The van der Waals surface area contributed by atoms with Crippen LogP contribution in [-0.2, 0) is 25.7 Å². The molecule has 0 spiro atoms. The van der Waals surface area contributed by atoms with E-state index in [1.807, 2.05) is 6.07 Å². The molecule has 0 unspecified atom stereocenters. The summed E-state index contributed by atoms with van der Waals surface area (Å²) in [6.45, 7) is 2.12. The molecule has 0 saturated carbocycles. The highest BCUT2D eigenvalue weighted by Crippen LogP contribution is 2.36. The number of fused-ring (bicyclic) bond motifs is 1. The Labute approximate surface area is 138 Å². The SMILES string of the molecule is COc1ccc(CNc2ccc3c(c2)CNCC3)cc1C(F)(F)F. The number of ether oxygens (including phenoxy) is 1. The van der Waals surface area contributed by atoms with Gasteiger partial charge in [-0.1, -0.05) is 12.1 Å². The third-order valence-corrected chi connectivity index (χ3v) is 4.16. The maximum atomic E-state index is 13.1. The first-order valence-corrected chi connectivity index (χ1v) is 7.78. The van der Waals surface area contributed by atoms with Crippen LogP contribution in [0.25, 0.3) is 0 Å². The van der Waals surface area contributed by atoms with Crippen LogP contribution in [-0.4, -0.2) is 13.7 Å². The average Bonchev–Trinajstić information content (AvgIpc) is 2.58. The summed E-state index contributed by atoms with van der Waals surface area (Å²) in [6, 6.07) is 10.2. The van der Waals surface area contributed by atoms with Crippen molar-refractivity contribution in [3.05, 3.63) is 58.7 Å². The minimum atomic E-state index is -4.43. The number of methoxy groups -OCH3 is 1. The van der Waals surface area contributed by atoms with Gasteiger partial charge < -0.3 is 15.4 Å². The number of rotatable bonds is 4. The molecule has 2 aromatic carbocycles. The number of anilines is 1. The van der Waals surface area contributed by atoms with Crippen molar-refractivity contribution in [3.8, 4) is 5.75 Å². The van der Waals surface area contributed by atoms with Crippen LogP contribution in [0.15, 0.2) is 36.4 Å². The Hall–Kier alpha value is -2.21. The molecule has 0 aromatic heterocycles. The van der Waals surface area contributed by atoms with Gasteiger partial charge in [0, 0.05) is 18.8 Å². The molecule has 0 amide bonds. The van der Waals surface area contributed by atoms with Crippen molar-refractivity contribution in [1.29, 1.82) is 0 Å². The topological polar surface area (TPSA) is 33.3 Å². The molecule has 24 heavy (non-hydrogen) atoms. The molecule has 6 heteroatoms. The molecular weight excluding hydrogens is 317 g/mol. The van der Waals surface area contributed by atoms with Gasteiger partial charge in [-0.25, -0.2) is 0 Å². The van der Waals surface area contributed by atoms with Gasteiger partial charge in [0.2, 0.25) is 0 Å². The Morgan fingerprint density at radius 1 is 1.12 bits per heavy atom. The van der Waals surface area contributed by atoms with Gasteiger partial charge in [0.1, 0.15) is 5.75 Å². The summed E-state index contributed by atoms with van der Waals surface area (Å²) in [6.07, 6.45) is -3.43. The van der Waals surface area contributed by atoms with Gasteiger partial charge >= 0.3 is 6.18 Å². The molecule has 1 aliphatic heterocycles. The van der Waals surface area contributed by atoms with Gasteiger partial charge in [-0.05, 0) is 53.9 Å². The van der Waals surface area contributed by atoms with E-state index in [-0.39, 0.29) is 5.75 Å². The summed E-state index contributed by atoms with van der Waals surface area (Å²) in [5.41, 5.74) is 3.26. The van der Waals surface area contributed by atoms with Crippen LogP contribution >= 0.6 is 0 Å². The Kier molecular flexibility index (Phi) is 4.66. The minimum Gasteiger partial charge on any atom is -0.496 e. The molecule has 0 bridgehead atoms. The summed E-state index contributed by atoms with van der Waals surface area (Å²) < 4.78 is 44.0. The van der Waals surface area contributed by atoms with Gasteiger partial charge in [0.05, 0.1) is 12.7 Å². The number of alkyl halides is 3. The zero-order valence-electron chi connectivity index (χ0n) is 13.3. The highest BCUT2D eigenvalue weighted by atomic mass is 19.4. The summed E-state index contributed by atoms with van der Waals surface area (Å²) in [5, 5.41) is 6.50. The molecule has 128 valence electrons. The number of hydrogen-bond donors (Lipinski definition) is 2. The van der Waals surface area contributed by atoms with Crippen molar-refractivity contribution >= 4 is 5.69 Å². The lowest BCUT2D eigenvalue weighted by Gasteiger charge is -2.18. The predicted octanol–water partition coefficient (Wildman–Crippen LogP) is 3.97. The molecule has 1 heterocycles. The molecule has 0 fully saturated rings. The zero-order chi connectivity index (χ0) is 17.2. The first-order chi connectivity index (χ1) is 11.5. The second kappa shape index (κ2) is 6.73. The van der Waals surface area contributed by atoms with Crippen molar-refractivity contribution < 1.29 is 17.9 Å². The minimum absolute atomic E-state index is 0.161. The van der Waals surface area contributed by atoms with Crippen LogP contribution in [0.3, 0.4) is 0 Å². The Morgan fingerprint density at radius 3 is 2.71 bits per heavy atom. The van der Waals surface area contributed by atoms with E-state index < -0.39 is 11.7 Å². The van der Waals surface area contributed by atoms with Crippen molar-refractivity contribution in [1.82, 2.24) is 5.32 Å². The summed E-state index contributed by atoms with van der Waals surface area (Å²) in [5.74, 6) is -0.161. The van der Waals surface area contributed by atoms with Gasteiger partial charge in [0.15, 0.2) is 0 Å². The van der Waals surface area contributed by atoms with E-state index in [4.69, 9.17) is 4.74 Å². The third kappa shape index (κ3) is 3.64. The standard InChI is InChI=1S/C18H19F3N2O/c1-24-17-5-2-12(8-16(17)18(19,20)21)10-23-15-4-3-13-6-7-22-11-14(13)9-15/h2-5,8-9,22-23H,6-7,10-11H2,1H3. The lowest BCUT2D eigenvalue weighted by molar-refractivity contribution is -0.138. The summed E-state index contributed by atoms with van der Waals surface area (Å²) in [7, 11) is 1.24. The van der Waals surface area contributed by atoms with Crippen LogP contribution in [0.2, 0.25) is 0 Å². The van der Waals surface area contributed by atoms with Gasteiger partial charge in [-0.2, -0.15) is 13.2 Å². The zero-order valence-corrected chi connectivity index (χ0v) is 13.3. The lowest BCUT2D eigenvalue weighted by Crippen LogP contribution is -2.23. The molecule has 0 radical (unpaired) electrons. The molecule has 3 nitrogen and oxygen atoms in total. The fraction of sp³-hybridized carbons (Fsp3) is 0.333. The lowest BCUT2D eigenvalue weighted by atomic mass is 10.0. The van der Waals surface area contributed by atoms with E-state index >= 15 is 0 Å². The van der Waals surface area contributed by atoms with E-state index in [0.29, 0.717) is 12.1 Å². The Morgan fingerprint density at radius 2 is 1.96 bits per heavy atom. The second-order valence-corrected chi connectivity index (χ2v) is 5.80. The first-order valence-electron chi connectivity index (χ1n) is 7.78. The van der Waals surface area contributed by atoms with E-state index in [1.54, 1.807) is 6.07 Å². The molecule has 2 aromatic rings. The van der Waals surface area contributed by atoms with Crippen molar-refractivity contribution in [2.75, 3.05) is 19.0 Å². The first kappa shape index (κ1) is 16.6. The van der Waals surface area contributed by atoms with Crippen molar-refractivity contribution in [2.24, 2.45) is 0 Å². The molecular formula is C18H19F3N2O. The van der Waals surface area contributed by atoms with E-state index in [1.165, 1.54) is 24.3 Å². The monoisotopic (exact) mass is 336 g/mol. The summed E-state index contributed by atoms with van der Waals surface area (Å²) >= 11 is 0. The molecule has 2 N–H and O–H groups in total. The normalized spacial score (nSPS) is 14.2. The molecule has 1 aliphatic rings. The highest BCUT2D eigenvalue weighted by molar-refractivity contribution is 5.50. The van der Waals surface area contributed by atoms with E-state index in [2.05, 4.69) is 22.8 Å². The van der Waals surface area contributed by atoms with Crippen LogP contribution < -0.4 is 15.4 Å².